The second-order valence-corrected chi connectivity index (χ2v) is 10.7. The topological polar surface area (TPSA) is 137 Å². The Hall–Kier alpha value is -3.05. The fourth-order valence-electron chi connectivity index (χ4n) is 3.29. The Bertz CT molecular complexity index is 1320. The first-order chi connectivity index (χ1) is 15.2. The molecule has 0 bridgehead atoms. The summed E-state index contributed by atoms with van der Waals surface area (Å²) < 4.78 is 34.5. The number of benzene rings is 1. The summed E-state index contributed by atoms with van der Waals surface area (Å²) in [5.74, 6) is 0.875. The van der Waals surface area contributed by atoms with E-state index in [1.165, 1.54) is 24.0 Å². The van der Waals surface area contributed by atoms with Crippen molar-refractivity contribution in [3.8, 4) is 17.2 Å². The summed E-state index contributed by atoms with van der Waals surface area (Å²) in [7, 11) is -1.82. The number of rotatable bonds is 7. The molecule has 3 heterocycles. The summed E-state index contributed by atoms with van der Waals surface area (Å²) in [6.45, 7) is 2.34. The highest BCUT2D eigenvalue weighted by Gasteiger charge is 2.29. The van der Waals surface area contributed by atoms with Crippen molar-refractivity contribution in [1.29, 1.82) is 0 Å². The number of aromatic amines is 1. The first kappa shape index (κ1) is 22.2. The standard InChI is InChI=1S/C21H22N4O5S2/c1-11(20(22)26)17-10-24-21(31-17)15-7-12-6-14(8-16(29-2)19(12)25-15)30-13-4-5-18(23-9-13)32(3,27)28/h4-9,11,17,25H,10H2,1-3H3,(H2,22,26). The van der Waals surface area contributed by atoms with Gasteiger partial charge in [0.25, 0.3) is 0 Å². The van der Waals surface area contributed by atoms with Crippen LogP contribution in [0.4, 0.5) is 0 Å². The minimum atomic E-state index is -3.38. The van der Waals surface area contributed by atoms with Gasteiger partial charge in [-0.25, -0.2) is 13.4 Å². The summed E-state index contributed by atoms with van der Waals surface area (Å²) in [5.41, 5.74) is 7.04. The number of H-pyrrole nitrogens is 1. The van der Waals surface area contributed by atoms with E-state index in [2.05, 4.69) is 15.0 Å². The number of ether oxygens (including phenoxy) is 2. The first-order valence-corrected chi connectivity index (χ1v) is 12.5. The largest absolute Gasteiger partial charge is 0.494 e. The summed E-state index contributed by atoms with van der Waals surface area (Å²) >= 11 is 1.53. The number of fused-ring (bicyclic) bond motifs is 1. The van der Waals surface area contributed by atoms with Gasteiger partial charge < -0.3 is 20.2 Å². The van der Waals surface area contributed by atoms with Gasteiger partial charge in [0.05, 0.1) is 31.1 Å². The second-order valence-electron chi connectivity index (χ2n) is 7.47. The highest BCUT2D eigenvalue weighted by molar-refractivity contribution is 8.15. The lowest BCUT2D eigenvalue weighted by molar-refractivity contribution is -0.121. The van der Waals surface area contributed by atoms with Crippen molar-refractivity contribution >= 4 is 43.5 Å². The third-order valence-corrected chi connectivity index (χ3v) is 7.56. The zero-order valence-corrected chi connectivity index (χ0v) is 19.3. The smallest absolute Gasteiger partial charge is 0.221 e. The Labute approximate surface area is 189 Å². The van der Waals surface area contributed by atoms with Gasteiger partial charge in [-0.3, -0.25) is 9.79 Å². The number of thioether (sulfide) groups is 1. The first-order valence-electron chi connectivity index (χ1n) is 9.71. The lowest BCUT2D eigenvalue weighted by atomic mass is 10.1. The number of pyridine rings is 1. The number of nitrogens with zero attached hydrogens (tertiary/aromatic N) is 2. The molecule has 0 saturated carbocycles. The van der Waals surface area contributed by atoms with Crippen LogP contribution in [0.5, 0.6) is 17.2 Å². The number of carbonyl (C=O) groups is 1. The molecule has 11 heteroatoms. The zero-order valence-electron chi connectivity index (χ0n) is 17.7. The molecule has 0 fully saturated rings. The molecular formula is C21H22N4O5S2. The lowest BCUT2D eigenvalue weighted by Gasteiger charge is -2.13. The van der Waals surface area contributed by atoms with Gasteiger partial charge in [0.2, 0.25) is 5.91 Å². The SMILES string of the molecule is COc1cc(Oc2ccc(S(C)(=O)=O)nc2)cc2cc(C3=NCC(C(C)C(N)=O)S3)[nH]c12. The van der Waals surface area contributed by atoms with Crippen LogP contribution < -0.4 is 15.2 Å². The van der Waals surface area contributed by atoms with Crippen LogP contribution in [0, 0.1) is 5.92 Å². The molecule has 32 heavy (non-hydrogen) atoms. The van der Waals surface area contributed by atoms with E-state index in [-0.39, 0.29) is 22.1 Å². The Morgan fingerprint density at radius 1 is 1.28 bits per heavy atom. The number of aromatic nitrogens is 2. The second kappa shape index (κ2) is 8.47. The van der Waals surface area contributed by atoms with E-state index >= 15 is 0 Å². The minimum Gasteiger partial charge on any atom is -0.494 e. The molecule has 0 radical (unpaired) electrons. The zero-order chi connectivity index (χ0) is 23.0. The predicted octanol–water partition coefficient (Wildman–Crippen LogP) is 2.75. The number of carbonyl (C=O) groups excluding carboxylic acids is 1. The van der Waals surface area contributed by atoms with Gasteiger partial charge in [-0.15, -0.1) is 0 Å². The molecule has 1 aliphatic heterocycles. The maximum atomic E-state index is 11.6. The monoisotopic (exact) mass is 474 g/mol. The number of nitrogens with one attached hydrogen (secondary N) is 1. The van der Waals surface area contributed by atoms with Gasteiger partial charge in [0.15, 0.2) is 14.9 Å². The number of hydrogen-bond donors (Lipinski definition) is 2. The lowest BCUT2D eigenvalue weighted by Crippen LogP contribution is -2.30. The highest BCUT2D eigenvalue weighted by Crippen LogP contribution is 2.36. The maximum Gasteiger partial charge on any atom is 0.221 e. The van der Waals surface area contributed by atoms with Crippen molar-refractivity contribution in [1.82, 2.24) is 9.97 Å². The number of aliphatic imine (C=N–C) groups is 1. The maximum absolute atomic E-state index is 11.6. The fraction of sp³-hybridized carbons (Fsp3) is 0.286. The Morgan fingerprint density at radius 3 is 2.69 bits per heavy atom. The average molecular weight is 475 g/mol. The molecule has 2 atom stereocenters. The molecule has 3 N–H and O–H groups in total. The van der Waals surface area contributed by atoms with Gasteiger partial charge in [-0.2, -0.15) is 0 Å². The van der Waals surface area contributed by atoms with E-state index in [1.807, 2.05) is 19.1 Å². The van der Waals surface area contributed by atoms with Crippen molar-refractivity contribution in [2.45, 2.75) is 17.2 Å². The predicted molar refractivity (Wildman–Crippen MR) is 123 cm³/mol. The number of hydrogen-bond acceptors (Lipinski definition) is 8. The van der Waals surface area contributed by atoms with Crippen molar-refractivity contribution in [3.63, 3.8) is 0 Å². The van der Waals surface area contributed by atoms with Crippen LogP contribution in [0.25, 0.3) is 10.9 Å². The Morgan fingerprint density at radius 2 is 2.06 bits per heavy atom. The van der Waals surface area contributed by atoms with E-state index in [4.69, 9.17) is 15.2 Å². The molecule has 0 saturated heterocycles. The summed E-state index contributed by atoms with van der Waals surface area (Å²) in [6, 6.07) is 8.46. The van der Waals surface area contributed by atoms with Gasteiger partial charge in [-0.1, -0.05) is 18.7 Å². The summed E-state index contributed by atoms with van der Waals surface area (Å²) in [5, 5.41) is 1.65. The van der Waals surface area contributed by atoms with Crippen LogP contribution in [0.2, 0.25) is 0 Å². The van der Waals surface area contributed by atoms with Gasteiger partial charge in [0, 0.05) is 28.9 Å². The molecule has 0 aliphatic carbocycles. The minimum absolute atomic E-state index is 0.0112. The van der Waals surface area contributed by atoms with Gasteiger partial charge in [0.1, 0.15) is 22.3 Å². The van der Waals surface area contributed by atoms with Gasteiger partial charge >= 0.3 is 0 Å². The molecule has 9 nitrogen and oxygen atoms in total. The van der Waals surface area contributed by atoms with Crippen LogP contribution in [-0.4, -0.2) is 54.5 Å². The van der Waals surface area contributed by atoms with Crippen LogP contribution in [0.15, 0.2) is 46.5 Å². The molecule has 3 aromatic rings. The number of primary amides is 1. The van der Waals surface area contributed by atoms with Crippen LogP contribution in [-0.2, 0) is 14.6 Å². The van der Waals surface area contributed by atoms with E-state index in [0.717, 1.165) is 27.9 Å². The molecule has 2 unspecified atom stereocenters. The van der Waals surface area contributed by atoms with Crippen molar-refractivity contribution in [2.24, 2.45) is 16.6 Å². The average Bonchev–Trinajstić information content (AvgIpc) is 3.39. The van der Waals surface area contributed by atoms with E-state index in [9.17, 15) is 13.2 Å². The van der Waals surface area contributed by atoms with Crippen LogP contribution in [0.3, 0.4) is 0 Å². The molecule has 1 amide bonds. The Kier molecular flexibility index (Phi) is 5.87. The van der Waals surface area contributed by atoms with E-state index in [1.54, 1.807) is 19.2 Å². The number of sulfone groups is 1. The van der Waals surface area contributed by atoms with E-state index in [0.29, 0.717) is 23.8 Å². The third-order valence-electron chi connectivity index (χ3n) is 5.13. The van der Waals surface area contributed by atoms with Crippen molar-refractivity contribution in [3.05, 3.63) is 42.2 Å². The fourth-order valence-corrected chi connectivity index (χ4v) is 5.00. The number of methoxy groups -OCH3 is 1. The quantitative estimate of drug-likeness (QED) is 0.537. The molecule has 1 aliphatic rings. The van der Waals surface area contributed by atoms with E-state index < -0.39 is 9.84 Å². The summed E-state index contributed by atoms with van der Waals surface area (Å²) in [6.07, 6.45) is 2.46. The molecule has 1 aromatic carbocycles. The number of amides is 1. The Balaban J connectivity index is 1.60. The molecular weight excluding hydrogens is 452 g/mol. The molecule has 2 aromatic heterocycles. The van der Waals surface area contributed by atoms with Crippen molar-refractivity contribution < 1.29 is 22.7 Å². The molecule has 168 valence electrons. The third kappa shape index (κ3) is 4.44. The molecule has 0 spiro atoms. The van der Waals surface area contributed by atoms with Crippen LogP contribution >= 0.6 is 11.8 Å². The summed E-state index contributed by atoms with van der Waals surface area (Å²) in [4.78, 5) is 23.3. The van der Waals surface area contributed by atoms with Crippen molar-refractivity contribution in [2.75, 3.05) is 19.9 Å². The molecule has 4 rings (SSSR count). The van der Waals surface area contributed by atoms with Gasteiger partial charge in [-0.05, 0) is 24.3 Å². The van der Waals surface area contributed by atoms with Crippen LogP contribution in [0.1, 0.15) is 12.6 Å². The normalized spacial score (nSPS) is 17.2. The highest BCUT2D eigenvalue weighted by atomic mass is 32.2. The number of nitrogens with two attached hydrogens (primary N) is 1.